The molecule has 1 aromatic rings. The molecule has 5 heteroatoms. The summed E-state index contributed by atoms with van der Waals surface area (Å²) in [5.41, 5.74) is 1.78. The highest BCUT2D eigenvalue weighted by Gasteiger charge is 2.35. The summed E-state index contributed by atoms with van der Waals surface area (Å²) in [6.45, 7) is 6.04. The van der Waals surface area contributed by atoms with E-state index in [9.17, 15) is 4.79 Å². The minimum absolute atomic E-state index is 0.0790. The Bertz CT molecular complexity index is 461. The lowest BCUT2D eigenvalue weighted by Crippen LogP contribution is -2.53. The molecule has 2 heterocycles. The van der Waals surface area contributed by atoms with Gasteiger partial charge >= 0.3 is 0 Å². The van der Waals surface area contributed by atoms with Crippen LogP contribution < -0.4 is 9.80 Å². The molecule has 0 radical (unpaired) electrons. The SMILES string of the molecule is CC(C)N1c2cc(Cl)ncc2N(C)C(=O)[C@H]1C. The Kier molecular flexibility index (Phi) is 3.00. The van der Waals surface area contributed by atoms with Crippen molar-refractivity contribution in [3.8, 4) is 0 Å². The number of carbonyl (C=O) groups excluding carboxylic acids is 1. The predicted octanol–water partition coefficient (Wildman–Crippen LogP) is 2.31. The number of hydrogen-bond donors (Lipinski definition) is 0. The zero-order valence-electron chi connectivity index (χ0n) is 10.4. The lowest BCUT2D eigenvalue weighted by Gasteiger charge is -2.42. The van der Waals surface area contributed by atoms with Crippen molar-refractivity contribution in [1.82, 2.24) is 4.98 Å². The monoisotopic (exact) mass is 253 g/mol. The number of rotatable bonds is 1. The van der Waals surface area contributed by atoms with Gasteiger partial charge in [0.1, 0.15) is 11.2 Å². The summed E-state index contributed by atoms with van der Waals surface area (Å²) in [6, 6.07) is 1.88. The number of amides is 1. The van der Waals surface area contributed by atoms with E-state index < -0.39 is 0 Å². The number of aromatic nitrogens is 1. The number of anilines is 2. The molecule has 0 aliphatic carbocycles. The molecule has 1 aliphatic rings. The van der Waals surface area contributed by atoms with Gasteiger partial charge in [-0.1, -0.05) is 11.6 Å². The Morgan fingerprint density at radius 2 is 2.06 bits per heavy atom. The van der Waals surface area contributed by atoms with Crippen LogP contribution in [0.3, 0.4) is 0 Å². The van der Waals surface area contributed by atoms with Crippen LogP contribution in [-0.2, 0) is 4.79 Å². The summed E-state index contributed by atoms with van der Waals surface area (Å²) in [5, 5.41) is 0.448. The Morgan fingerprint density at radius 3 is 2.65 bits per heavy atom. The van der Waals surface area contributed by atoms with Crippen molar-refractivity contribution in [2.45, 2.75) is 32.9 Å². The maximum atomic E-state index is 12.1. The van der Waals surface area contributed by atoms with E-state index in [0.717, 1.165) is 11.4 Å². The molecule has 2 rings (SSSR count). The molecule has 0 saturated carbocycles. The highest BCUT2D eigenvalue weighted by atomic mass is 35.5. The standard InChI is InChI=1S/C12H16ClN3O/c1-7(2)16-8(3)12(17)15(4)10-6-14-11(13)5-9(10)16/h5-8H,1-4H3/t8-/m1/s1. The Hall–Kier alpha value is -1.29. The topological polar surface area (TPSA) is 36.4 Å². The van der Waals surface area contributed by atoms with Gasteiger partial charge in [-0.05, 0) is 20.8 Å². The molecule has 0 fully saturated rings. The van der Waals surface area contributed by atoms with E-state index in [-0.39, 0.29) is 18.0 Å². The third-order valence-electron chi connectivity index (χ3n) is 3.13. The number of hydrogen-bond acceptors (Lipinski definition) is 3. The maximum absolute atomic E-state index is 12.1. The lowest BCUT2D eigenvalue weighted by molar-refractivity contribution is -0.119. The van der Waals surface area contributed by atoms with Gasteiger partial charge < -0.3 is 9.80 Å². The molecule has 1 aromatic heterocycles. The summed E-state index contributed by atoms with van der Waals surface area (Å²) in [4.78, 5) is 19.9. The van der Waals surface area contributed by atoms with Crippen LogP contribution in [-0.4, -0.2) is 30.0 Å². The van der Waals surface area contributed by atoms with Gasteiger partial charge in [-0.15, -0.1) is 0 Å². The number of pyridine rings is 1. The third-order valence-corrected chi connectivity index (χ3v) is 3.34. The van der Waals surface area contributed by atoms with E-state index in [1.807, 2.05) is 13.0 Å². The zero-order chi connectivity index (χ0) is 12.7. The second kappa shape index (κ2) is 4.18. The van der Waals surface area contributed by atoms with Crippen molar-refractivity contribution in [1.29, 1.82) is 0 Å². The molecular formula is C12H16ClN3O. The first-order valence-electron chi connectivity index (χ1n) is 5.65. The molecule has 0 unspecified atom stereocenters. The minimum Gasteiger partial charge on any atom is -0.356 e. The molecular weight excluding hydrogens is 238 g/mol. The fraction of sp³-hybridized carbons (Fsp3) is 0.500. The number of likely N-dealkylation sites (N-methyl/N-ethyl adjacent to an activating group) is 1. The van der Waals surface area contributed by atoms with Crippen molar-refractivity contribution in [3.05, 3.63) is 17.4 Å². The molecule has 92 valence electrons. The van der Waals surface area contributed by atoms with Crippen LogP contribution in [0.15, 0.2) is 12.3 Å². The normalized spacial score (nSPS) is 19.9. The fourth-order valence-electron chi connectivity index (χ4n) is 2.33. The van der Waals surface area contributed by atoms with Crippen molar-refractivity contribution < 1.29 is 4.79 Å². The quantitative estimate of drug-likeness (QED) is 0.721. The highest BCUT2D eigenvalue weighted by Crippen LogP contribution is 2.37. The largest absolute Gasteiger partial charge is 0.356 e. The van der Waals surface area contributed by atoms with Crippen LogP contribution in [0.1, 0.15) is 20.8 Å². The van der Waals surface area contributed by atoms with Gasteiger partial charge in [0.25, 0.3) is 0 Å². The number of nitrogens with zero attached hydrogens (tertiary/aromatic N) is 3. The Labute approximate surface area is 106 Å². The molecule has 4 nitrogen and oxygen atoms in total. The van der Waals surface area contributed by atoms with Crippen molar-refractivity contribution >= 4 is 28.9 Å². The summed E-state index contributed by atoms with van der Waals surface area (Å²) in [5.74, 6) is 0.0790. The summed E-state index contributed by atoms with van der Waals surface area (Å²) >= 11 is 5.94. The van der Waals surface area contributed by atoms with Crippen LogP contribution in [0.2, 0.25) is 5.15 Å². The van der Waals surface area contributed by atoms with E-state index in [2.05, 4.69) is 23.7 Å². The number of fused-ring (bicyclic) bond motifs is 1. The smallest absolute Gasteiger partial charge is 0.249 e. The summed E-state index contributed by atoms with van der Waals surface area (Å²) < 4.78 is 0. The summed E-state index contributed by atoms with van der Waals surface area (Å²) in [7, 11) is 1.77. The first-order valence-corrected chi connectivity index (χ1v) is 6.02. The molecule has 1 amide bonds. The average molecular weight is 254 g/mol. The van der Waals surface area contributed by atoms with Gasteiger partial charge in [0, 0.05) is 19.2 Å². The van der Waals surface area contributed by atoms with Crippen LogP contribution >= 0.6 is 11.6 Å². The second-order valence-electron chi connectivity index (χ2n) is 4.57. The lowest BCUT2D eigenvalue weighted by atomic mass is 10.1. The van der Waals surface area contributed by atoms with E-state index in [4.69, 9.17) is 11.6 Å². The minimum atomic E-state index is -0.175. The van der Waals surface area contributed by atoms with Crippen LogP contribution in [0.4, 0.5) is 11.4 Å². The Balaban J connectivity index is 2.60. The molecule has 0 spiro atoms. The molecule has 1 atom stereocenters. The number of halogens is 1. The summed E-state index contributed by atoms with van der Waals surface area (Å²) in [6.07, 6.45) is 1.65. The number of carbonyl (C=O) groups is 1. The van der Waals surface area contributed by atoms with Crippen molar-refractivity contribution in [2.75, 3.05) is 16.8 Å². The second-order valence-corrected chi connectivity index (χ2v) is 4.96. The van der Waals surface area contributed by atoms with Crippen molar-refractivity contribution in [2.24, 2.45) is 0 Å². The van der Waals surface area contributed by atoms with Gasteiger partial charge in [-0.25, -0.2) is 4.98 Å². The predicted molar refractivity (Wildman–Crippen MR) is 69.7 cm³/mol. The molecule has 0 aromatic carbocycles. The van der Waals surface area contributed by atoms with Gasteiger partial charge in [0.15, 0.2) is 0 Å². The average Bonchev–Trinajstić information content (AvgIpc) is 2.25. The van der Waals surface area contributed by atoms with Gasteiger partial charge in [0.2, 0.25) is 5.91 Å². The van der Waals surface area contributed by atoms with Crippen LogP contribution in [0, 0.1) is 0 Å². The highest BCUT2D eigenvalue weighted by molar-refractivity contribution is 6.30. The molecule has 1 aliphatic heterocycles. The molecule has 0 N–H and O–H groups in total. The van der Waals surface area contributed by atoms with Crippen LogP contribution in [0.25, 0.3) is 0 Å². The van der Waals surface area contributed by atoms with Gasteiger partial charge in [0.05, 0.1) is 17.6 Å². The zero-order valence-corrected chi connectivity index (χ0v) is 11.2. The first kappa shape index (κ1) is 12.2. The first-order chi connectivity index (χ1) is 7.93. The van der Waals surface area contributed by atoms with E-state index in [1.165, 1.54) is 0 Å². The molecule has 17 heavy (non-hydrogen) atoms. The third kappa shape index (κ3) is 1.86. The van der Waals surface area contributed by atoms with Crippen LogP contribution in [0.5, 0.6) is 0 Å². The van der Waals surface area contributed by atoms with E-state index in [0.29, 0.717) is 5.15 Å². The van der Waals surface area contributed by atoms with E-state index >= 15 is 0 Å². The molecule has 0 saturated heterocycles. The Morgan fingerprint density at radius 1 is 1.41 bits per heavy atom. The maximum Gasteiger partial charge on any atom is 0.249 e. The molecule has 0 bridgehead atoms. The van der Waals surface area contributed by atoms with Crippen molar-refractivity contribution in [3.63, 3.8) is 0 Å². The van der Waals surface area contributed by atoms with E-state index in [1.54, 1.807) is 18.1 Å². The van der Waals surface area contributed by atoms with Gasteiger partial charge in [-0.2, -0.15) is 0 Å². The van der Waals surface area contributed by atoms with Gasteiger partial charge in [-0.3, -0.25) is 4.79 Å². The fourth-order valence-corrected chi connectivity index (χ4v) is 2.48.